The van der Waals surface area contributed by atoms with Crippen molar-refractivity contribution in [2.75, 3.05) is 12.8 Å². The minimum atomic E-state index is -1.07. The summed E-state index contributed by atoms with van der Waals surface area (Å²) in [5, 5.41) is 5.94. The predicted octanol–water partition coefficient (Wildman–Crippen LogP) is 1.79. The van der Waals surface area contributed by atoms with Crippen molar-refractivity contribution >= 4 is 51.2 Å². The topological polar surface area (TPSA) is 110 Å². The van der Waals surface area contributed by atoms with Crippen LogP contribution in [-0.4, -0.2) is 46.8 Å². The highest BCUT2D eigenvalue weighted by Crippen LogP contribution is 2.34. The van der Waals surface area contributed by atoms with Gasteiger partial charge in [-0.15, -0.1) is 11.3 Å². The second-order valence-electron chi connectivity index (χ2n) is 5.13. The van der Waals surface area contributed by atoms with Crippen molar-refractivity contribution in [3.05, 3.63) is 16.8 Å². The molecule has 134 valence electrons. The molecule has 0 unspecified atom stereocenters. The largest absolute Gasteiger partial charge is 0.452 e. The van der Waals surface area contributed by atoms with Crippen LogP contribution in [0.15, 0.2) is 11.4 Å². The normalized spacial score (nSPS) is 11.8. The van der Waals surface area contributed by atoms with Gasteiger partial charge < -0.3 is 10.1 Å². The molecule has 1 atom stereocenters. The molecule has 0 saturated carbocycles. The summed E-state index contributed by atoms with van der Waals surface area (Å²) in [6, 6.07) is -0.658. The number of carbonyl (C=O) groups is 3. The zero-order valence-electron chi connectivity index (χ0n) is 14.2. The maximum absolute atomic E-state index is 11.9. The van der Waals surface area contributed by atoms with Gasteiger partial charge in [0.15, 0.2) is 6.10 Å². The van der Waals surface area contributed by atoms with Gasteiger partial charge in [-0.1, -0.05) is 11.8 Å². The highest BCUT2D eigenvalue weighted by molar-refractivity contribution is 8.00. The fourth-order valence-electron chi connectivity index (χ4n) is 1.95. The maximum Gasteiger partial charge on any atom is 0.321 e. The molecule has 2 heterocycles. The smallest absolute Gasteiger partial charge is 0.321 e. The molecule has 25 heavy (non-hydrogen) atoms. The Bertz CT molecular complexity index is 821. The fourth-order valence-corrected chi connectivity index (χ4v) is 3.85. The van der Waals surface area contributed by atoms with Crippen LogP contribution in [0.1, 0.15) is 17.4 Å². The van der Waals surface area contributed by atoms with Gasteiger partial charge in [-0.3, -0.25) is 14.9 Å². The molecular weight excluding hydrogens is 364 g/mol. The van der Waals surface area contributed by atoms with E-state index in [9.17, 15) is 14.4 Å². The molecule has 3 amide bonds. The molecule has 0 saturated heterocycles. The number of esters is 1. The SMILES string of the molecule is CNC(=O)NC(=O)[C@@H](C)OC(=O)CSc1ncnc2sc(C)c(C)c12. The number of thioether (sulfide) groups is 1. The van der Waals surface area contributed by atoms with Crippen LogP contribution in [0.5, 0.6) is 0 Å². The third kappa shape index (κ3) is 4.67. The molecule has 0 aromatic carbocycles. The van der Waals surface area contributed by atoms with E-state index in [4.69, 9.17) is 4.74 Å². The quantitative estimate of drug-likeness (QED) is 0.461. The van der Waals surface area contributed by atoms with Crippen molar-refractivity contribution in [3.63, 3.8) is 0 Å². The maximum atomic E-state index is 11.9. The van der Waals surface area contributed by atoms with Crippen LogP contribution in [0.25, 0.3) is 10.2 Å². The second-order valence-corrected chi connectivity index (χ2v) is 7.30. The number of amides is 3. The van der Waals surface area contributed by atoms with E-state index in [1.54, 1.807) is 11.3 Å². The van der Waals surface area contributed by atoms with E-state index in [-0.39, 0.29) is 5.75 Å². The Morgan fingerprint density at radius 3 is 2.72 bits per heavy atom. The fraction of sp³-hybridized carbons (Fsp3) is 0.400. The molecule has 0 bridgehead atoms. The summed E-state index contributed by atoms with van der Waals surface area (Å²) >= 11 is 2.81. The predicted molar refractivity (Wildman–Crippen MR) is 95.8 cm³/mol. The van der Waals surface area contributed by atoms with Gasteiger partial charge in [0, 0.05) is 17.3 Å². The summed E-state index contributed by atoms with van der Waals surface area (Å²) in [7, 11) is 1.38. The van der Waals surface area contributed by atoms with E-state index in [0.29, 0.717) is 5.03 Å². The number of aromatic nitrogens is 2. The number of ether oxygens (including phenoxy) is 1. The Kier molecular flexibility index (Phi) is 6.32. The Morgan fingerprint density at radius 2 is 2.04 bits per heavy atom. The number of urea groups is 1. The molecule has 0 aliphatic carbocycles. The monoisotopic (exact) mass is 382 g/mol. The van der Waals surface area contributed by atoms with Crippen LogP contribution in [0.2, 0.25) is 0 Å². The standard InChI is InChI=1S/C15H18N4O4S2/c1-7-9(3)25-14-11(7)13(17-6-18-14)24-5-10(20)23-8(2)12(21)19-15(22)16-4/h6,8H,5H2,1-4H3,(H2,16,19,21,22)/t8-/m1/s1. The number of imide groups is 1. The molecule has 0 radical (unpaired) electrons. The first-order valence-corrected chi connectivity index (χ1v) is 9.19. The third-order valence-electron chi connectivity index (χ3n) is 3.40. The number of hydrogen-bond acceptors (Lipinski definition) is 8. The second kappa shape index (κ2) is 8.26. The van der Waals surface area contributed by atoms with Crippen LogP contribution < -0.4 is 10.6 Å². The molecule has 0 spiro atoms. The molecule has 2 aromatic heterocycles. The summed E-state index contributed by atoms with van der Waals surface area (Å²) in [4.78, 5) is 45.2. The lowest BCUT2D eigenvalue weighted by atomic mass is 10.2. The summed E-state index contributed by atoms with van der Waals surface area (Å²) in [6.07, 6.45) is 0.395. The van der Waals surface area contributed by atoms with Crippen LogP contribution >= 0.6 is 23.1 Å². The molecule has 0 fully saturated rings. The molecule has 0 aliphatic heterocycles. The van der Waals surface area contributed by atoms with E-state index >= 15 is 0 Å². The first-order chi connectivity index (χ1) is 11.8. The van der Waals surface area contributed by atoms with Crippen LogP contribution in [0.3, 0.4) is 0 Å². The Hall–Kier alpha value is -2.20. The van der Waals surface area contributed by atoms with E-state index in [1.807, 2.05) is 13.8 Å². The number of nitrogens with zero attached hydrogens (tertiary/aromatic N) is 2. The molecule has 10 heteroatoms. The lowest BCUT2D eigenvalue weighted by Gasteiger charge is -2.12. The third-order valence-corrected chi connectivity index (χ3v) is 5.48. The van der Waals surface area contributed by atoms with Gasteiger partial charge in [-0.05, 0) is 26.3 Å². The van der Waals surface area contributed by atoms with Crippen LogP contribution in [0, 0.1) is 13.8 Å². The molecular formula is C15H18N4O4S2. The number of fused-ring (bicyclic) bond motifs is 1. The average Bonchev–Trinajstić information content (AvgIpc) is 2.87. The van der Waals surface area contributed by atoms with Crippen molar-refractivity contribution in [3.8, 4) is 0 Å². The van der Waals surface area contributed by atoms with Crippen molar-refractivity contribution in [1.29, 1.82) is 0 Å². The summed E-state index contributed by atoms with van der Waals surface area (Å²) in [6.45, 7) is 5.40. The molecule has 0 aliphatic rings. The van der Waals surface area contributed by atoms with Gasteiger partial charge in [-0.25, -0.2) is 14.8 Å². The minimum Gasteiger partial charge on any atom is -0.452 e. The van der Waals surface area contributed by atoms with Crippen molar-refractivity contribution in [2.24, 2.45) is 0 Å². The number of carbonyl (C=O) groups excluding carboxylic acids is 3. The van der Waals surface area contributed by atoms with Gasteiger partial charge in [0.2, 0.25) is 0 Å². The average molecular weight is 382 g/mol. The number of hydrogen-bond donors (Lipinski definition) is 2. The van der Waals surface area contributed by atoms with Gasteiger partial charge in [0.1, 0.15) is 16.2 Å². The molecule has 2 N–H and O–H groups in total. The first-order valence-electron chi connectivity index (χ1n) is 7.39. The number of aryl methyl sites for hydroxylation is 2. The van der Waals surface area contributed by atoms with Crippen LogP contribution in [-0.2, 0) is 14.3 Å². The number of thiophene rings is 1. The molecule has 2 rings (SSSR count). The molecule has 8 nitrogen and oxygen atoms in total. The van der Waals surface area contributed by atoms with E-state index in [2.05, 4.69) is 20.6 Å². The lowest BCUT2D eigenvalue weighted by molar-refractivity contribution is -0.151. The van der Waals surface area contributed by atoms with Gasteiger partial charge in [0.05, 0.1) is 5.75 Å². The van der Waals surface area contributed by atoms with Crippen LogP contribution in [0.4, 0.5) is 4.79 Å². The van der Waals surface area contributed by atoms with Gasteiger partial charge in [0.25, 0.3) is 5.91 Å². The van der Waals surface area contributed by atoms with Crippen molar-refractivity contribution in [1.82, 2.24) is 20.6 Å². The van der Waals surface area contributed by atoms with E-state index < -0.39 is 24.0 Å². The summed E-state index contributed by atoms with van der Waals surface area (Å²) in [5.41, 5.74) is 1.09. The van der Waals surface area contributed by atoms with Crippen molar-refractivity contribution in [2.45, 2.75) is 31.9 Å². The lowest BCUT2D eigenvalue weighted by Crippen LogP contribution is -2.43. The highest BCUT2D eigenvalue weighted by Gasteiger charge is 2.20. The minimum absolute atomic E-state index is 0.00194. The van der Waals surface area contributed by atoms with Gasteiger partial charge in [-0.2, -0.15) is 0 Å². The van der Waals surface area contributed by atoms with E-state index in [1.165, 1.54) is 32.1 Å². The summed E-state index contributed by atoms with van der Waals surface area (Å²) < 4.78 is 5.03. The zero-order valence-corrected chi connectivity index (χ0v) is 15.8. The Labute approximate surface area is 152 Å². The van der Waals surface area contributed by atoms with E-state index in [0.717, 1.165) is 20.7 Å². The van der Waals surface area contributed by atoms with Gasteiger partial charge >= 0.3 is 12.0 Å². The number of nitrogens with one attached hydrogen (secondary N) is 2. The Balaban J connectivity index is 1.96. The zero-order chi connectivity index (χ0) is 18.6. The highest BCUT2D eigenvalue weighted by atomic mass is 32.2. The Morgan fingerprint density at radius 1 is 1.32 bits per heavy atom. The summed E-state index contributed by atoms with van der Waals surface area (Å²) in [5.74, 6) is -1.26. The number of rotatable bonds is 5. The molecule has 2 aromatic rings. The van der Waals surface area contributed by atoms with Crippen molar-refractivity contribution < 1.29 is 19.1 Å². The first kappa shape index (κ1) is 19.1.